The van der Waals surface area contributed by atoms with E-state index in [-0.39, 0.29) is 6.61 Å². The Morgan fingerprint density at radius 1 is 1.54 bits per heavy atom. The lowest BCUT2D eigenvalue weighted by Gasteiger charge is -2.06. The van der Waals surface area contributed by atoms with Crippen LogP contribution in [0.3, 0.4) is 0 Å². The third kappa shape index (κ3) is 3.08. The zero-order valence-corrected chi connectivity index (χ0v) is 7.79. The fourth-order valence-corrected chi connectivity index (χ4v) is 0.917. The van der Waals surface area contributed by atoms with Crippen molar-refractivity contribution in [1.29, 1.82) is 0 Å². The van der Waals surface area contributed by atoms with Gasteiger partial charge in [0.25, 0.3) is 0 Å². The van der Waals surface area contributed by atoms with E-state index in [1.807, 2.05) is 0 Å². The summed E-state index contributed by atoms with van der Waals surface area (Å²) < 4.78 is 5.18. The number of halogens is 1. The number of pyridine rings is 1. The van der Waals surface area contributed by atoms with Crippen molar-refractivity contribution >= 4 is 17.3 Å². The third-order valence-electron chi connectivity index (χ3n) is 1.40. The number of hydrogen-bond donors (Lipinski definition) is 2. The number of rotatable bonds is 4. The van der Waals surface area contributed by atoms with Crippen molar-refractivity contribution in [2.45, 2.75) is 6.42 Å². The Morgan fingerprint density at radius 2 is 2.31 bits per heavy atom. The number of aliphatic hydroxyl groups excluding tert-OH is 1. The molecule has 0 saturated carbocycles. The summed E-state index contributed by atoms with van der Waals surface area (Å²) in [7, 11) is 0. The first-order valence-electron chi connectivity index (χ1n) is 3.89. The molecule has 3 N–H and O–H groups in total. The lowest BCUT2D eigenvalue weighted by molar-refractivity contribution is 0.230. The van der Waals surface area contributed by atoms with Gasteiger partial charge in [-0.2, -0.15) is 4.98 Å². The Balaban J connectivity index is 2.59. The van der Waals surface area contributed by atoms with E-state index in [2.05, 4.69) is 4.98 Å². The summed E-state index contributed by atoms with van der Waals surface area (Å²) in [4.78, 5) is 3.88. The molecule has 0 bridgehead atoms. The van der Waals surface area contributed by atoms with Crippen LogP contribution in [0.2, 0.25) is 5.15 Å². The number of ether oxygens (including phenoxy) is 1. The zero-order valence-electron chi connectivity index (χ0n) is 7.03. The molecular weight excluding hydrogens is 192 g/mol. The zero-order chi connectivity index (χ0) is 9.68. The second-order valence-corrected chi connectivity index (χ2v) is 2.84. The smallest absolute Gasteiger partial charge is 0.238 e. The minimum absolute atomic E-state index is 0.0838. The third-order valence-corrected chi connectivity index (χ3v) is 1.61. The number of nitrogens with two attached hydrogens (primary N) is 1. The van der Waals surface area contributed by atoms with E-state index in [1.165, 1.54) is 0 Å². The Bertz CT molecular complexity index is 281. The summed E-state index contributed by atoms with van der Waals surface area (Å²) in [5.41, 5.74) is 6.01. The van der Waals surface area contributed by atoms with Gasteiger partial charge >= 0.3 is 0 Å². The van der Waals surface area contributed by atoms with Crippen LogP contribution in [0.25, 0.3) is 0 Å². The first kappa shape index (κ1) is 10.1. The van der Waals surface area contributed by atoms with Gasteiger partial charge in [-0.15, -0.1) is 0 Å². The van der Waals surface area contributed by atoms with Crippen LogP contribution in [-0.4, -0.2) is 23.3 Å². The molecule has 0 aliphatic heterocycles. The highest BCUT2D eigenvalue weighted by atomic mass is 35.5. The lowest BCUT2D eigenvalue weighted by Crippen LogP contribution is -2.03. The number of aromatic nitrogens is 1. The molecule has 0 unspecified atom stereocenters. The molecule has 1 aromatic heterocycles. The van der Waals surface area contributed by atoms with Crippen molar-refractivity contribution in [3.8, 4) is 5.88 Å². The molecule has 0 aromatic carbocycles. The molecule has 0 amide bonds. The van der Waals surface area contributed by atoms with Crippen LogP contribution in [0, 0.1) is 0 Å². The molecule has 13 heavy (non-hydrogen) atoms. The standard InChI is InChI=1S/C8H11ClN2O2/c9-7-3-2-6(10)8(11-7)13-5-1-4-12/h2-3,12H,1,4-5,10H2. The van der Waals surface area contributed by atoms with Gasteiger partial charge in [-0.3, -0.25) is 0 Å². The van der Waals surface area contributed by atoms with Crippen molar-refractivity contribution in [3.63, 3.8) is 0 Å². The van der Waals surface area contributed by atoms with Gasteiger partial charge in [-0.25, -0.2) is 0 Å². The highest BCUT2D eigenvalue weighted by molar-refractivity contribution is 6.29. The molecule has 0 saturated heterocycles. The van der Waals surface area contributed by atoms with Gasteiger partial charge in [0.05, 0.1) is 12.3 Å². The highest BCUT2D eigenvalue weighted by Crippen LogP contribution is 2.20. The molecular formula is C8H11ClN2O2. The van der Waals surface area contributed by atoms with Crippen molar-refractivity contribution in [2.24, 2.45) is 0 Å². The minimum atomic E-state index is 0.0838. The maximum absolute atomic E-state index is 8.51. The van der Waals surface area contributed by atoms with E-state index in [4.69, 9.17) is 27.2 Å². The number of hydrogen-bond acceptors (Lipinski definition) is 4. The molecule has 4 nitrogen and oxygen atoms in total. The van der Waals surface area contributed by atoms with E-state index in [0.717, 1.165) is 0 Å². The van der Waals surface area contributed by atoms with E-state index < -0.39 is 0 Å². The number of nitrogens with zero attached hydrogens (tertiary/aromatic N) is 1. The Hall–Kier alpha value is -1.00. The molecule has 0 aliphatic carbocycles. The summed E-state index contributed by atoms with van der Waals surface area (Å²) in [5, 5.41) is 8.85. The molecule has 0 radical (unpaired) electrons. The fraction of sp³-hybridized carbons (Fsp3) is 0.375. The quantitative estimate of drug-likeness (QED) is 0.566. The van der Waals surface area contributed by atoms with Gasteiger partial charge in [-0.1, -0.05) is 11.6 Å². The number of nitrogen functional groups attached to an aromatic ring is 1. The number of anilines is 1. The topological polar surface area (TPSA) is 68.4 Å². The maximum Gasteiger partial charge on any atom is 0.238 e. The minimum Gasteiger partial charge on any atom is -0.476 e. The predicted molar refractivity (Wildman–Crippen MR) is 50.9 cm³/mol. The van der Waals surface area contributed by atoms with E-state index >= 15 is 0 Å². The van der Waals surface area contributed by atoms with Crippen LogP contribution in [0.15, 0.2) is 12.1 Å². The van der Waals surface area contributed by atoms with E-state index in [9.17, 15) is 0 Å². The van der Waals surface area contributed by atoms with E-state index in [1.54, 1.807) is 12.1 Å². The Morgan fingerprint density at radius 3 is 3.00 bits per heavy atom. The molecule has 1 heterocycles. The Kier molecular flexibility index (Phi) is 3.79. The van der Waals surface area contributed by atoms with Crippen LogP contribution in [0.4, 0.5) is 5.69 Å². The van der Waals surface area contributed by atoms with Crippen LogP contribution in [-0.2, 0) is 0 Å². The second kappa shape index (κ2) is 4.89. The van der Waals surface area contributed by atoms with Gasteiger partial charge < -0.3 is 15.6 Å². The average Bonchev–Trinajstić information content (AvgIpc) is 2.11. The lowest BCUT2D eigenvalue weighted by atomic mass is 10.4. The van der Waals surface area contributed by atoms with Gasteiger partial charge in [0.15, 0.2) is 0 Å². The summed E-state index contributed by atoms with van der Waals surface area (Å²) in [6.07, 6.45) is 0.549. The first-order valence-corrected chi connectivity index (χ1v) is 4.27. The monoisotopic (exact) mass is 202 g/mol. The van der Waals surface area contributed by atoms with Crippen molar-refractivity contribution in [2.75, 3.05) is 18.9 Å². The molecule has 0 aliphatic rings. The summed E-state index contributed by atoms with van der Waals surface area (Å²) in [5.74, 6) is 0.320. The van der Waals surface area contributed by atoms with Crippen LogP contribution < -0.4 is 10.5 Å². The Labute approximate surface area is 81.3 Å². The molecule has 1 rings (SSSR count). The molecule has 72 valence electrons. The SMILES string of the molecule is Nc1ccc(Cl)nc1OCCCO. The van der Waals surface area contributed by atoms with Crippen LogP contribution in [0.1, 0.15) is 6.42 Å². The van der Waals surface area contributed by atoms with Crippen LogP contribution >= 0.6 is 11.6 Å². The van der Waals surface area contributed by atoms with Crippen molar-refractivity contribution in [1.82, 2.24) is 4.98 Å². The summed E-state index contributed by atoms with van der Waals surface area (Å²) in [6.45, 7) is 0.467. The second-order valence-electron chi connectivity index (χ2n) is 2.45. The highest BCUT2D eigenvalue weighted by Gasteiger charge is 2.02. The van der Waals surface area contributed by atoms with Crippen molar-refractivity contribution in [3.05, 3.63) is 17.3 Å². The fourth-order valence-electron chi connectivity index (χ4n) is 0.778. The summed E-state index contributed by atoms with van der Waals surface area (Å²) in [6, 6.07) is 3.22. The number of aliphatic hydroxyl groups is 1. The first-order chi connectivity index (χ1) is 6.24. The molecule has 0 spiro atoms. The predicted octanol–water partition coefficient (Wildman–Crippen LogP) is 1.08. The normalized spacial score (nSPS) is 10.0. The average molecular weight is 203 g/mol. The van der Waals surface area contributed by atoms with Crippen molar-refractivity contribution < 1.29 is 9.84 Å². The molecule has 0 fully saturated rings. The van der Waals surface area contributed by atoms with Gasteiger partial charge in [0, 0.05) is 13.0 Å². The molecule has 1 aromatic rings. The molecule has 0 atom stereocenters. The van der Waals surface area contributed by atoms with Gasteiger partial charge in [0.1, 0.15) is 5.15 Å². The summed E-state index contributed by atoms with van der Waals surface area (Å²) >= 11 is 5.63. The van der Waals surface area contributed by atoms with E-state index in [0.29, 0.717) is 29.7 Å². The van der Waals surface area contributed by atoms with Gasteiger partial charge in [0.2, 0.25) is 5.88 Å². The van der Waals surface area contributed by atoms with Gasteiger partial charge in [-0.05, 0) is 12.1 Å². The largest absolute Gasteiger partial charge is 0.476 e. The van der Waals surface area contributed by atoms with Crippen LogP contribution in [0.5, 0.6) is 5.88 Å². The maximum atomic E-state index is 8.51. The molecule has 5 heteroatoms.